The van der Waals surface area contributed by atoms with E-state index in [4.69, 9.17) is 4.74 Å². The Kier molecular flexibility index (Phi) is 5.57. The van der Waals surface area contributed by atoms with Crippen LogP contribution < -0.4 is 4.90 Å². The van der Waals surface area contributed by atoms with Gasteiger partial charge in [-0.2, -0.15) is 0 Å². The van der Waals surface area contributed by atoms with Crippen molar-refractivity contribution in [3.8, 4) is 0 Å². The van der Waals surface area contributed by atoms with Gasteiger partial charge in [0.2, 0.25) is 0 Å². The van der Waals surface area contributed by atoms with E-state index in [1.54, 1.807) is 4.90 Å². The van der Waals surface area contributed by atoms with E-state index >= 15 is 0 Å². The third-order valence-electron chi connectivity index (χ3n) is 5.08. The number of anilines is 1. The molecule has 148 valence electrons. The quantitative estimate of drug-likeness (QED) is 0.618. The molecule has 1 aliphatic heterocycles. The van der Waals surface area contributed by atoms with E-state index in [1.807, 2.05) is 31.2 Å². The minimum absolute atomic E-state index is 0.0356. The third kappa shape index (κ3) is 3.54. The lowest BCUT2D eigenvalue weighted by Gasteiger charge is -2.35. The average molecular weight is 387 g/mol. The molecule has 0 saturated carbocycles. The number of morpholine rings is 1. The minimum atomic E-state index is -0.640. The monoisotopic (exact) mass is 387 g/mol. The summed E-state index contributed by atoms with van der Waals surface area (Å²) in [4.78, 5) is 23.8. The zero-order chi connectivity index (χ0) is 20.4. The van der Waals surface area contributed by atoms with Crippen molar-refractivity contribution >= 4 is 17.1 Å². The summed E-state index contributed by atoms with van der Waals surface area (Å²) in [5, 5.41) is 32.9. The summed E-state index contributed by atoms with van der Waals surface area (Å²) in [5.41, 5.74) is 1.60. The largest absolute Gasteiger partial charge is 0.392 e. The summed E-state index contributed by atoms with van der Waals surface area (Å²) in [6.07, 6.45) is -0.355. The van der Waals surface area contributed by atoms with Crippen LogP contribution in [0.3, 0.4) is 0 Å². The maximum atomic E-state index is 11.8. The van der Waals surface area contributed by atoms with Gasteiger partial charge in [-0.15, -0.1) is 0 Å². The Labute approximate surface area is 161 Å². The van der Waals surface area contributed by atoms with Gasteiger partial charge in [0.25, 0.3) is 5.69 Å². The van der Waals surface area contributed by atoms with Crippen LogP contribution in [0.5, 0.6) is 0 Å². The highest BCUT2D eigenvalue weighted by atomic mass is 16.6. The molecule has 1 aliphatic rings. The Morgan fingerprint density at radius 1 is 1.21 bits per heavy atom. The molecule has 9 nitrogen and oxygen atoms in total. The number of hydrogen-bond acceptors (Lipinski definition) is 7. The van der Waals surface area contributed by atoms with Gasteiger partial charge >= 0.3 is 5.69 Å². The second-order valence-corrected chi connectivity index (χ2v) is 6.71. The van der Waals surface area contributed by atoms with Crippen molar-refractivity contribution < 1.29 is 19.7 Å². The molecule has 1 saturated heterocycles. The smallest absolute Gasteiger partial charge is 0.302 e. The molecule has 3 rings (SSSR count). The van der Waals surface area contributed by atoms with Gasteiger partial charge in [-0.25, -0.2) is 0 Å². The second-order valence-electron chi connectivity index (χ2n) is 6.71. The number of hydrogen-bond donors (Lipinski definition) is 1. The lowest BCUT2D eigenvalue weighted by atomic mass is 10.00. The van der Waals surface area contributed by atoms with E-state index in [-0.39, 0.29) is 47.4 Å². The molecule has 0 spiro atoms. The van der Waals surface area contributed by atoms with E-state index in [0.29, 0.717) is 6.54 Å². The molecule has 1 atom stereocenters. The van der Waals surface area contributed by atoms with E-state index < -0.39 is 16.5 Å². The predicted octanol–water partition coefficient (Wildman–Crippen LogP) is 3.19. The number of aliphatic hydroxyl groups is 1. The highest BCUT2D eigenvalue weighted by molar-refractivity contribution is 5.79. The molecular formula is C19H21N3O6. The van der Waals surface area contributed by atoms with E-state index in [9.17, 15) is 25.3 Å². The van der Waals surface area contributed by atoms with Gasteiger partial charge in [0.1, 0.15) is 6.10 Å². The SMILES string of the molecule is Cc1ccccc1C1CN(c2c([N+](=O)[O-])cc(CO)c(C)c2[N+](=O)[O-])CCO1. The standard InChI is InChI=1S/C19H21N3O6/c1-12-5-3-4-6-15(12)17-10-20(7-8-28-17)19-16(21(24)25)9-14(11-23)13(2)18(19)22(26)27/h3-6,9,17,23H,7-8,10-11H2,1-2H3. The summed E-state index contributed by atoms with van der Waals surface area (Å²) in [7, 11) is 0. The molecule has 0 radical (unpaired) electrons. The Hall–Kier alpha value is -3.04. The maximum absolute atomic E-state index is 11.8. The van der Waals surface area contributed by atoms with Crippen LogP contribution in [0.2, 0.25) is 0 Å². The van der Waals surface area contributed by atoms with Crippen molar-refractivity contribution in [2.75, 3.05) is 24.6 Å². The van der Waals surface area contributed by atoms with Gasteiger partial charge < -0.3 is 14.7 Å². The van der Waals surface area contributed by atoms with E-state index in [0.717, 1.165) is 11.1 Å². The molecular weight excluding hydrogens is 366 g/mol. The highest BCUT2D eigenvalue weighted by Crippen LogP contribution is 2.43. The summed E-state index contributed by atoms with van der Waals surface area (Å²) < 4.78 is 5.85. The fourth-order valence-corrected chi connectivity index (χ4v) is 3.62. The van der Waals surface area contributed by atoms with Crippen LogP contribution in [-0.4, -0.2) is 34.6 Å². The molecule has 1 N–H and O–H groups in total. The molecule has 1 unspecified atom stereocenters. The van der Waals surface area contributed by atoms with Gasteiger partial charge in [0.05, 0.1) is 23.1 Å². The lowest BCUT2D eigenvalue weighted by molar-refractivity contribution is -0.393. The van der Waals surface area contributed by atoms with Gasteiger partial charge in [0.15, 0.2) is 5.69 Å². The van der Waals surface area contributed by atoms with Gasteiger partial charge in [-0.05, 0) is 30.5 Å². The van der Waals surface area contributed by atoms with Crippen molar-refractivity contribution in [1.82, 2.24) is 0 Å². The number of nitro groups is 2. The first-order chi connectivity index (χ1) is 13.3. The molecule has 28 heavy (non-hydrogen) atoms. The fourth-order valence-electron chi connectivity index (χ4n) is 3.62. The van der Waals surface area contributed by atoms with Crippen molar-refractivity contribution in [2.45, 2.75) is 26.6 Å². The second kappa shape index (κ2) is 7.91. The van der Waals surface area contributed by atoms with Gasteiger partial charge in [0, 0.05) is 24.7 Å². The average Bonchev–Trinajstić information content (AvgIpc) is 2.67. The van der Waals surface area contributed by atoms with Crippen molar-refractivity contribution in [1.29, 1.82) is 0 Å². The molecule has 0 aliphatic carbocycles. The van der Waals surface area contributed by atoms with Crippen molar-refractivity contribution in [3.63, 3.8) is 0 Å². The molecule has 0 aromatic heterocycles. The molecule has 1 fully saturated rings. The maximum Gasteiger partial charge on any atom is 0.302 e. The summed E-state index contributed by atoms with van der Waals surface area (Å²) >= 11 is 0. The number of aliphatic hydroxyl groups excluding tert-OH is 1. The zero-order valence-electron chi connectivity index (χ0n) is 15.6. The van der Waals surface area contributed by atoms with Crippen LogP contribution in [0.1, 0.15) is 28.4 Å². The third-order valence-corrected chi connectivity index (χ3v) is 5.08. The molecule has 9 heteroatoms. The lowest BCUT2D eigenvalue weighted by Crippen LogP contribution is -2.39. The first-order valence-electron chi connectivity index (χ1n) is 8.83. The van der Waals surface area contributed by atoms with Crippen LogP contribution >= 0.6 is 0 Å². The number of nitro benzene ring substituents is 2. The Morgan fingerprint density at radius 3 is 2.54 bits per heavy atom. The number of aryl methyl sites for hydroxylation is 1. The number of ether oxygens (including phenoxy) is 1. The molecule has 2 aromatic carbocycles. The number of rotatable bonds is 5. The molecule has 2 aromatic rings. The zero-order valence-corrected chi connectivity index (χ0v) is 15.6. The predicted molar refractivity (Wildman–Crippen MR) is 102 cm³/mol. The van der Waals surface area contributed by atoms with Gasteiger partial charge in [-0.3, -0.25) is 20.2 Å². The van der Waals surface area contributed by atoms with Gasteiger partial charge in [-0.1, -0.05) is 24.3 Å². The summed E-state index contributed by atoms with van der Waals surface area (Å²) in [5.74, 6) is 0. The van der Waals surface area contributed by atoms with Crippen LogP contribution in [0, 0.1) is 34.1 Å². The number of benzene rings is 2. The summed E-state index contributed by atoms with van der Waals surface area (Å²) in [6.45, 7) is 3.77. The Bertz CT molecular complexity index is 930. The van der Waals surface area contributed by atoms with Crippen LogP contribution in [0.25, 0.3) is 0 Å². The molecule has 0 bridgehead atoms. The van der Waals surface area contributed by atoms with Crippen LogP contribution in [0.4, 0.5) is 17.1 Å². The first-order valence-corrected chi connectivity index (χ1v) is 8.83. The topological polar surface area (TPSA) is 119 Å². The van der Waals surface area contributed by atoms with E-state index in [1.165, 1.54) is 13.0 Å². The van der Waals surface area contributed by atoms with Crippen molar-refractivity contribution in [3.05, 3.63) is 72.8 Å². The minimum Gasteiger partial charge on any atom is -0.392 e. The van der Waals surface area contributed by atoms with Crippen LogP contribution in [0.15, 0.2) is 30.3 Å². The first kappa shape index (κ1) is 19.7. The van der Waals surface area contributed by atoms with E-state index in [2.05, 4.69) is 0 Å². The Balaban J connectivity index is 2.11. The normalized spacial score (nSPS) is 16.8. The molecule has 0 amide bonds. The highest BCUT2D eigenvalue weighted by Gasteiger charge is 2.36. The molecule has 1 heterocycles. The Morgan fingerprint density at radius 2 is 1.93 bits per heavy atom. The summed E-state index contributed by atoms with van der Waals surface area (Å²) in [6, 6.07) is 8.88. The van der Waals surface area contributed by atoms with Crippen LogP contribution in [-0.2, 0) is 11.3 Å². The van der Waals surface area contributed by atoms with Crippen molar-refractivity contribution in [2.24, 2.45) is 0 Å². The number of nitrogens with zero attached hydrogens (tertiary/aromatic N) is 3. The fraction of sp³-hybridized carbons (Fsp3) is 0.368.